The normalized spacial score (nSPS) is 12.0. The minimum absolute atomic E-state index is 0.109. The van der Waals surface area contributed by atoms with Crippen LogP contribution in [0, 0.1) is 0 Å². The fraction of sp³-hybridized carbons (Fsp3) is 0.364. The topological polar surface area (TPSA) is 67.2 Å². The van der Waals surface area contributed by atoms with Crippen LogP contribution in [-0.2, 0) is 0 Å². The molecule has 88 valence electrons. The molecule has 0 fully saturated rings. The van der Waals surface area contributed by atoms with E-state index in [4.69, 9.17) is 17.3 Å². The molecule has 0 aliphatic carbocycles. The van der Waals surface area contributed by atoms with Crippen molar-refractivity contribution in [2.75, 3.05) is 18.9 Å². The molecule has 0 heterocycles. The summed E-state index contributed by atoms with van der Waals surface area (Å²) in [7, 11) is 1.59. The van der Waals surface area contributed by atoms with Crippen LogP contribution in [0.1, 0.15) is 17.3 Å². The highest BCUT2D eigenvalue weighted by Gasteiger charge is 2.08. The maximum absolute atomic E-state index is 11.4. The van der Waals surface area contributed by atoms with Gasteiger partial charge in [0.2, 0.25) is 0 Å². The van der Waals surface area contributed by atoms with Crippen LogP contribution < -0.4 is 16.4 Å². The van der Waals surface area contributed by atoms with Gasteiger partial charge >= 0.3 is 0 Å². The van der Waals surface area contributed by atoms with Crippen molar-refractivity contribution in [2.45, 2.75) is 13.0 Å². The monoisotopic (exact) mass is 241 g/mol. The van der Waals surface area contributed by atoms with Crippen molar-refractivity contribution in [3.8, 4) is 0 Å². The van der Waals surface area contributed by atoms with Crippen molar-refractivity contribution in [3.05, 3.63) is 28.8 Å². The van der Waals surface area contributed by atoms with E-state index >= 15 is 0 Å². The SMILES string of the molecule is CNC(=O)c1ccc(Cl)c(NC(C)CN)c1. The summed E-state index contributed by atoms with van der Waals surface area (Å²) in [6.07, 6.45) is 0. The molecule has 0 saturated carbocycles. The molecule has 0 aliphatic rings. The highest BCUT2D eigenvalue weighted by atomic mass is 35.5. The number of carbonyl (C=O) groups excluding carboxylic acids is 1. The van der Waals surface area contributed by atoms with Crippen LogP contribution in [0.4, 0.5) is 5.69 Å². The van der Waals surface area contributed by atoms with Crippen molar-refractivity contribution in [3.63, 3.8) is 0 Å². The lowest BCUT2D eigenvalue weighted by Gasteiger charge is -2.15. The Morgan fingerprint density at radius 3 is 2.81 bits per heavy atom. The summed E-state index contributed by atoms with van der Waals surface area (Å²) >= 11 is 6.01. The molecular formula is C11H16ClN3O. The molecule has 0 spiro atoms. The fourth-order valence-corrected chi connectivity index (χ4v) is 1.42. The number of amides is 1. The fourth-order valence-electron chi connectivity index (χ4n) is 1.25. The zero-order valence-corrected chi connectivity index (χ0v) is 10.1. The Morgan fingerprint density at radius 2 is 2.25 bits per heavy atom. The van der Waals surface area contributed by atoms with E-state index in [2.05, 4.69) is 10.6 Å². The van der Waals surface area contributed by atoms with Crippen molar-refractivity contribution < 1.29 is 4.79 Å². The molecule has 4 N–H and O–H groups in total. The molecule has 1 unspecified atom stereocenters. The van der Waals surface area contributed by atoms with Crippen molar-refractivity contribution in [2.24, 2.45) is 5.73 Å². The summed E-state index contributed by atoms with van der Waals surface area (Å²) in [6.45, 7) is 2.45. The van der Waals surface area contributed by atoms with Gasteiger partial charge in [0.15, 0.2) is 0 Å². The average Bonchev–Trinajstić information content (AvgIpc) is 2.30. The van der Waals surface area contributed by atoms with E-state index in [0.29, 0.717) is 17.1 Å². The molecule has 0 saturated heterocycles. The van der Waals surface area contributed by atoms with E-state index in [1.165, 1.54) is 0 Å². The summed E-state index contributed by atoms with van der Waals surface area (Å²) < 4.78 is 0. The lowest BCUT2D eigenvalue weighted by molar-refractivity contribution is 0.0963. The third-order valence-electron chi connectivity index (χ3n) is 2.21. The van der Waals surface area contributed by atoms with Crippen LogP contribution in [0.3, 0.4) is 0 Å². The zero-order chi connectivity index (χ0) is 12.1. The van der Waals surface area contributed by atoms with Gasteiger partial charge in [0.05, 0.1) is 10.7 Å². The van der Waals surface area contributed by atoms with Gasteiger partial charge in [0, 0.05) is 25.2 Å². The first-order valence-electron chi connectivity index (χ1n) is 5.06. The number of hydrogen-bond donors (Lipinski definition) is 3. The minimum atomic E-state index is -0.139. The Bertz CT molecular complexity index is 381. The van der Waals surface area contributed by atoms with Gasteiger partial charge in [-0.2, -0.15) is 0 Å². The van der Waals surface area contributed by atoms with Gasteiger partial charge in [-0.25, -0.2) is 0 Å². The highest BCUT2D eigenvalue weighted by Crippen LogP contribution is 2.23. The van der Waals surface area contributed by atoms with Crippen LogP contribution >= 0.6 is 11.6 Å². The number of rotatable bonds is 4. The van der Waals surface area contributed by atoms with E-state index in [1.54, 1.807) is 25.2 Å². The molecule has 0 aliphatic heterocycles. The summed E-state index contributed by atoms with van der Waals surface area (Å²) in [5.74, 6) is -0.139. The molecule has 5 heteroatoms. The van der Waals surface area contributed by atoms with Gasteiger partial charge in [0.1, 0.15) is 0 Å². The maximum Gasteiger partial charge on any atom is 0.251 e. The largest absolute Gasteiger partial charge is 0.380 e. The Morgan fingerprint density at radius 1 is 1.56 bits per heavy atom. The smallest absolute Gasteiger partial charge is 0.251 e. The molecule has 1 amide bonds. The van der Waals surface area contributed by atoms with Crippen molar-refractivity contribution >= 4 is 23.2 Å². The van der Waals surface area contributed by atoms with Crippen LogP contribution in [0.2, 0.25) is 5.02 Å². The number of nitrogens with two attached hydrogens (primary N) is 1. The van der Waals surface area contributed by atoms with Gasteiger partial charge in [-0.3, -0.25) is 4.79 Å². The Kier molecular flexibility index (Phi) is 4.58. The molecular weight excluding hydrogens is 226 g/mol. The Balaban J connectivity index is 2.94. The van der Waals surface area contributed by atoms with Crippen LogP contribution in [-0.4, -0.2) is 25.5 Å². The molecule has 1 rings (SSSR count). The number of halogens is 1. The van der Waals surface area contributed by atoms with Gasteiger partial charge in [-0.1, -0.05) is 11.6 Å². The summed E-state index contributed by atoms with van der Waals surface area (Å²) in [4.78, 5) is 11.4. The highest BCUT2D eigenvalue weighted by molar-refractivity contribution is 6.33. The van der Waals surface area contributed by atoms with Crippen LogP contribution in [0.15, 0.2) is 18.2 Å². The second-order valence-electron chi connectivity index (χ2n) is 3.55. The third-order valence-corrected chi connectivity index (χ3v) is 2.54. The lowest BCUT2D eigenvalue weighted by atomic mass is 10.1. The van der Waals surface area contributed by atoms with Crippen molar-refractivity contribution in [1.82, 2.24) is 5.32 Å². The van der Waals surface area contributed by atoms with Crippen LogP contribution in [0.25, 0.3) is 0 Å². The number of benzene rings is 1. The molecule has 0 radical (unpaired) electrons. The summed E-state index contributed by atoms with van der Waals surface area (Å²) in [6, 6.07) is 5.20. The summed E-state index contributed by atoms with van der Waals surface area (Å²) in [5, 5.41) is 6.28. The average molecular weight is 242 g/mol. The molecule has 0 aromatic heterocycles. The van der Waals surface area contributed by atoms with E-state index in [9.17, 15) is 4.79 Å². The Hall–Kier alpha value is -1.26. The number of carbonyl (C=O) groups is 1. The van der Waals surface area contributed by atoms with Gasteiger partial charge < -0.3 is 16.4 Å². The number of anilines is 1. The van der Waals surface area contributed by atoms with E-state index < -0.39 is 0 Å². The quantitative estimate of drug-likeness (QED) is 0.748. The second-order valence-corrected chi connectivity index (χ2v) is 3.96. The predicted molar refractivity (Wildman–Crippen MR) is 67.0 cm³/mol. The first kappa shape index (κ1) is 12.8. The predicted octanol–water partition coefficient (Wildman–Crippen LogP) is 1.46. The first-order valence-corrected chi connectivity index (χ1v) is 5.44. The maximum atomic E-state index is 11.4. The molecule has 1 aromatic carbocycles. The first-order chi connectivity index (χ1) is 7.58. The molecule has 0 bridgehead atoms. The van der Waals surface area contributed by atoms with Gasteiger partial charge in [-0.15, -0.1) is 0 Å². The molecule has 4 nitrogen and oxygen atoms in total. The molecule has 1 atom stereocenters. The van der Waals surface area contributed by atoms with Gasteiger partial charge in [0.25, 0.3) is 5.91 Å². The molecule has 16 heavy (non-hydrogen) atoms. The third kappa shape index (κ3) is 3.12. The van der Waals surface area contributed by atoms with E-state index in [-0.39, 0.29) is 11.9 Å². The van der Waals surface area contributed by atoms with Crippen LogP contribution in [0.5, 0.6) is 0 Å². The Labute approximate surface area is 100 Å². The van der Waals surface area contributed by atoms with E-state index in [1.807, 2.05) is 6.92 Å². The molecule has 1 aromatic rings. The number of nitrogens with one attached hydrogen (secondary N) is 2. The van der Waals surface area contributed by atoms with Crippen molar-refractivity contribution in [1.29, 1.82) is 0 Å². The standard InChI is InChI=1S/C11H16ClN3O/c1-7(6-13)15-10-5-8(11(16)14-2)3-4-9(10)12/h3-5,7,15H,6,13H2,1-2H3,(H,14,16). The minimum Gasteiger partial charge on any atom is -0.380 e. The summed E-state index contributed by atoms with van der Waals surface area (Å²) in [5.41, 5.74) is 6.80. The van der Waals surface area contributed by atoms with Gasteiger partial charge in [-0.05, 0) is 25.1 Å². The number of hydrogen-bond acceptors (Lipinski definition) is 3. The zero-order valence-electron chi connectivity index (χ0n) is 9.38. The lowest BCUT2D eigenvalue weighted by Crippen LogP contribution is -2.25. The van der Waals surface area contributed by atoms with E-state index in [0.717, 1.165) is 5.69 Å². The second kappa shape index (κ2) is 5.72.